The first kappa shape index (κ1) is 14.5. The van der Waals surface area contributed by atoms with Crippen LogP contribution >= 0.6 is 0 Å². The smallest absolute Gasteiger partial charge is 0.235 e. The van der Waals surface area contributed by atoms with Crippen LogP contribution in [-0.2, 0) is 10.2 Å². The zero-order valence-corrected chi connectivity index (χ0v) is 12.8. The molecule has 0 bridgehead atoms. The number of anilines is 1. The predicted octanol–water partition coefficient (Wildman–Crippen LogP) is 3.85. The maximum Gasteiger partial charge on any atom is 0.235 e. The van der Waals surface area contributed by atoms with Gasteiger partial charge in [0, 0.05) is 22.8 Å². The average Bonchev–Trinajstić information content (AvgIpc) is 3.29. The van der Waals surface area contributed by atoms with Crippen molar-refractivity contribution in [3.8, 4) is 6.07 Å². The third-order valence-corrected chi connectivity index (χ3v) is 4.59. The number of aromatic nitrogens is 1. The Morgan fingerprint density at radius 1 is 1.25 bits per heavy atom. The average molecular weight is 319 g/mol. The number of halogens is 1. The first-order chi connectivity index (χ1) is 11.6. The fourth-order valence-electron chi connectivity index (χ4n) is 3.16. The summed E-state index contributed by atoms with van der Waals surface area (Å²) in [5, 5.41) is 12.7. The summed E-state index contributed by atoms with van der Waals surface area (Å²) in [6.45, 7) is 0. The molecule has 2 N–H and O–H groups in total. The highest BCUT2D eigenvalue weighted by Gasteiger charge is 2.52. The molecular weight excluding hydrogens is 305 g/mol. The van der Waals surface area contributed by atoms with E-state index in [9.17, 15) is 9.18 Å². The molecule has 0 aliphatic heterocycles. The van der Waals surface area contributed by atoms with E-state index < -0.39 is 5.41 Å². The normalized spacial score (nSPS) is 15.0. The Balaban J connectivity index is 1.67. The number of carbonyl (C=O) groups excluding carboxylic acids is 1. The fraction of sp³-hybridized carbons (Fsp3) is 0.158. The van der Waals surface area contributed by atoms with E-state index in [0.29, 0.717) is 16.8 Å². The minimum absolute atomic E-state index is 0.0946. The van der Waals surface area contributed by atoms with Crippen molar-refractivity contribution in [3.05, 3.63) is 65.6 Å². The topological polar surface area (TPSA) is 68.7 Å². The van der Waals surface area contributed by atoms with Crippen LogP contribution < -0.4 is 5.32 Å². The van der Waals surface area contributed by atoms with E-state index in [1.807, 2.05) is 0 Å². The van der Waals surface area contributed by atoms with Gasteiger partial charge in [0.25, 0.3) is 0 Å². The van der Waals surface area contributed by atoms with Gasteiger partial charge in [0.05, 0.1) is 17.0 Å². The number of amides is 1. The van der Waals surface area contributed by atoms with E-state index in [4.69, 9.17) is 5.26 Å². The molecule has 24 heavy (non-hydrogen) atoms. The number of nitriles is 1. The van der Waals surface area contributed by atoms with Crippen molar-refractivity contribution in [1.29, 1.82) is 5.26 Å². The first-order valence-corrected chi connectivity index (χ1v) is 7.71. The number of nitrogens with zero attached hydrogens (tertiary/aromatic N) is 1. The number of hydrogen-bond donors (Lipinski definition) is 2. The standard InChI is InChI=1S/C19H14FN3O/c20-13-4-5-15-16(11-22-17(15)9-13)19(6-7-19)18(24)23-14-3-1-2-12(8-14)10-21/h1-5,8-9,11,22H,6-7H2,(H,23,24). The summed E-state index contributed by atoms with van der Waals surface area (Å²) in [4.78, 5) is 15.9. The van der Waals surface area contributed by atoms with Crippen LogP contribution in [0.3, 0.4) is 0 Å². The summed E-state index contributed by atoms with van der Waals surface area (Å²) >= 11 is 0. The molecule has 1 heterocycles. The van der Waals surface area contributed by atoms with Crippen LogP contribution in [0.25, 0.3) is 10.9 Å². The maximum absolute atomic E-state index is 13.3. The van der Waals surface area contributed by atoms with Crippen molar-refractivity contribution in [2.24, 2.45) is 0 Å². The minimum Gasteiger partial charge on any atom is -0.361 e. The van der Waals surface area contributed by atoms with Gasteiger partial charge in [-0.05, 0) is 54.8 Å². The number of fused-ring (bicyclic) bond motifs is 1. The SMILES string of the molecule is N#Cc1cccc(NC(=O)C2(c3c[nH]c4cc(F)ccc34)CC2)c1. The van der Waals surface area contributed by atoms with E-state index in [0.717, 1.165) is 23.8 Å². The summed E-state index contributed by atoms with van der Waals surface area (Å²) < 4.78 is 13.3. The molecule has 1 amide bonds. The Hall–Kier alpha value is -3.13. The third-order valence-electron chi connectivity index (χ3n) is 4.59. The van der Waals surface area contributed by atoms with E-state index in [-0.39, 0.29) is 11.7 Å². The van der Waals surface area contributed by atoms with Crippen LogP contribution in [0, 0.1) is 17.1 Å². The molecule has 1 saturated carbocycles. The van der Waals surface area contributed by atoms with E-state index in [1.165, 1.54) is 12.1 Å². The first-order valence-electron chi connectivity index (χ1n) is 7.71. The van der Waals surface area contributed by atoms with Crippen molar-refractivity contribution >= 4 is 22.5 Å². The fourth-order valence-corrected chi connectivity index (χ4v) is 3.16. The molecule has 1 aliphatic carbocycles. The number of benzene rings is 2. The highest BCUT2D eigenvalue weighted by atomic mass is 19.1. The van der Waals surface area contributed by atoms with Gasteiger partial charge in [-0.3, -0.25) is 4.79 Å². The van der Waals surface area contributed by atoms with Gasteiger partial charge in [0.15, 0.2) is 0 Å². The molecule has 0 radical (unpaired) electrons. The number of H-pyrrole nitrogens is 1. The number of hydrogen-bond acceptors (Lipinski definition) is 2. The van der Waals surface area contributed by atoms with Gasteiger partial charge in [0.2, 0.25) is 5.91 Å². The lowest BCUT2D eigenvalue weighted by Crippen LogP contribution is -2.27. The van der Waals surface area contributed by atoms with Gasteiger partial charge in [-0.25, -0.2) is 4.39 Å². The number of aromatic amines is 1. The quantitative estimate of drug-likeness (QED) is 0.770. The summed E-state index contributed by atoms with van der Waals surface area (Å²) in [6, 6.07) is 13.5. The molecule has 2 aromatic carbocycles. The lowest BCUT2D eigenvalue weighted by Gasteiger charge is -2.15. The van der Waals surface area contributed by atoms with Crippen LogP contribution in [-0.4, -0.2) is 10.9 Å². The monoisotopic (exact) mass is 319 g/mol. The highest BCUT2D eigenvalue weighted by molar-refractivity contribution is 6.04. The molecule has 3 aromatic rings. The van der Waals surface area contributed by atoms with Gasteiger partial charge < -0.3 is 10.3 Å². The molecule has 0 unspecified atom stereocenters. The molecular formula is C19H14FN3O. The molecule has 1 fully saturated rings. The van der Waals surface area contributed by atoms with Crippen molar-refractivity contribution in [2.45, 2.75) is 18.3 Å². The zero-order chi connectivity index (χ0) is 16.7. The van der Waals surface area contributed by atoms with Crippen LogP contribution in [0.2, 0.25) is 0 Å². The molecule has 0 spiro atoms. The zero-order valence-electron chi connectivity index (χ0n) is 12.8. The van der Waals surface area contributed by atoms with Gasteiger partial charge >= 0.3 is 0 Å². The van der Waals surface area contributed by atoms with Crippen molar-refractivity contribution in [3.63, 3.8) is 0 Å². The van der Waals surface area contributed by atoms with E-state index in [1.54, 1.807) is 36.5 Å². The van der Waals surface area contributed by atoms with Crippen LogP contribution in [0.1, 0.15) is 24.0 Å². The van der Waals surface area contributed by atoms with Gasteiger partial charge in [-0.2, -0.15) is 5.26 Å². The molecule has 0 atom stereocenters. The number of nitrogens with one attached hydrogen (secondary N) is 2. The second-order valence-corrected chi connectivity index (χ2v) is 6.12. The molecule has 0 saturated heterocycles. The van der Waals surface area contributed by atoms with Crippen molar-refractivity contribution < 1.29 is 9.18 Å². The van der Waals surface area contributed by atoms with E-state index in [2.05, 4.69) is 16.4 Å². The summed E-state index contributed by atoms with van der Waals surface area (Å²) in [5.41, 5.74) is 2.11. The Bertz CT molecular complexity index is 995. The Kier molecular flexibility index (Phi) is 3.14. The molecule has 118 valence electrons. The summed E-state index contributed by atoms with van der Waals surface area (Å²) in [6.07, 6.45) is 3.30. The lowest BCUT2D eigenvalue weighted by atomic mass is 9.94. The van der Waals surface area contributed by atoms with Crippen molar-refractivity contribution in [2.75, 3.05) is 5.32 Å². The lowest BCUT2D eigenvalue weighted by molar-refractivity contribution is -0.118. The summed E-state index contributed by atoms with van der Waals surface area (Å²) in [5.74, 6) is -0.402. The number of carbonyl (C=O) groups is 1. The predicted molar refractivity (Wildman–Crippen MR) is 89.0 cm³/mol. The van der Waals surface area contributed by atoms with Gasteiger partial charge in [-0.1, -0.05) is 6.07 Å². The van der Waals surface area contributed by atoms with Crippen LogP contribution in [0.15, 0.2) is 48.7 Å². The number of rotatable bonds is 3. The van der Waals surface area contributed by atoms with Crippen LogP contribution in [0.4, 0.5) is 10.1 Å². The second-order valence-electron chi connectivity index (χ2n) is 6.12. The molecule has 1 aliphatic rings. The third kappa shape index (κ3) is 2.24. The largest absolute Gasteiger partial charge is 0.361 e. The Labute approximate surface area is 137 Å². The highest BCUT2D eigenvalue weighted by Crippen LogP contribution is 2.51. The maximum atomic E-state index is 13.3. The van der Waals surface area contributed by atoms with Gasteiger partial charge in [-0.15, -0.1) is 0 Å². The molecule has 4 nitrogen and oxygen atoms in total. The Morgan fingerprint density at radius 2 is 2.08 bits per heavy atom. The van der Waals surface area contributed by atoms with Crippen LogP contribution in [0.5, 0.6) is 0 Å². The summed E-state index contributed by atoms with van der Waals surface area (Å²) in [7, 11) is 0. The molecule has 5 heteroatoms. The van der Waals surface area contributed by atoms with Crippen molar-refractivity contribution in [1.82, 2.24) is 4.98 Å². The molecule has 4 rings (SSSR count). The Morgan fingerprint density at radius 3 is 2.83 bits per heavy atom. The van der Waals surface area contributed by atoms with E-state index >= 15 is 0 Å². The second kappa shape index (κ2) is 5.20. The molecule has 1 aromatic heterocycles. The van der Waals surface area contributed by atoms with Gasteiger partial charge in [0.1, 0.15) is 5.82 Å². The minimum atomic E-state index is -0.585.